The Morgan fingerprint density at radius 2 is 1.88 bits per heavy atom. The average Bonchev–Trinajstić information content (AvgIpc) is 3.27. The second-order valence-corrected chi connectivity index (χ2v) is 9.59. The number of hydrogen-bond acceptors (Lipinski definition) is 9. The van der Waals surface area contributed by atoms with E-state index in [9.17, 15) is 26.4 Å². The minimum atomic E-state index is -4.68. The lowest BCUT2D eigenvalue weighted by atomic mass is 10.1. The van der Waals surface area contributed by atoms with Gasteiger partial charge in [-0.2, -0.15) is 17.5 Å². The summed E-state index contributed by atoms with van der Waals surface area (Å²) in [4.78, 5) is 20.2. The van der Waals surface area contributed by atoms with Crippen molar-refractivity contribution in [2.45, 2.75) is 11.1 Å². The average molecular weight is 511 g/mol. The predicted molar refractivity (Wildman–Crippen MR) is 120 cm³/mol. The zero-order valence-corrected chi connectivity index (χ0v) is 19.3. The lowest BCUT2D eigenvalue weighted by Crippen LogP contribution is -2.15. The van der Waals surface area contributed by atoms with E-state index < -0.39 is 38.9 Å². The zero-order chi connectivity index (χ0) is 25.1. The molecule has 8 nitrogen and oxygen atoms in total. The molecule has 0 aliphatic carbocycles. The fraction of sp³-hybridized carbons (Fsp3) is 0.143. The molecule has 0 atom stereocenters. The normalized spacial score (nSPS) is 13.1. The van der Waals surface area contributed by atoms with Gasteiger partial charge in [0.2, 0.25) is 0 Å². The van der Waals surface area contributed by atoms with Crippen LogP contribution in [0.25, 0.3) is 11.4 Å². The third-order valence-corrected chi connectivity index (χ3v) is 6.18. The number of aliphatic imine (C=N–C) groups is 1. The Morgan fingerprint density at radius 1 is 1.18 bits per heavy atom. The van der Waals surface area contributed by atoms with Crippen LogP contribution in [0, 0.1) is 0 Å². The molecule has 0 saturated carbocycles. The molecule has 2 aromatic carbocycles. The first-order valence-corrected chi connectivity index (χ1v) is 12.0. The van der Waals surface area contributed by atoms with E-state index in [0.717, 1.165) is 43.1 Å². The highest BCUT2D eigenvalue weighted by Gasteiger charge is 2.33. The van der Waals surface area contributed by atoms with Gasteiger partial charge >= 0.3 is 12.1 Å². The van der Waals surface area contributed by atoms with E-state index in [1.165, 1.54) is 30.3 Å². The maximum atomic E-state index is 13.4. The number of nitrogens with zero attached hydrogens (tertiary/aromatic N) is 3. The van der Waals surface area contributed by atoms with Crippen LogP contribution < -0.4 is 5.73 Å². The summed E-state index contributed by atoms with van der Waals surface area (Å²) in [5.41, 5.74) is 4.07. The third kappa shape index (κ3) is 5.85. The van der Waals surface area contributed by atoms with E-state index >= 15 is 0 Å². The molecule has 34 heavy (non-hydrogen) atoms. The molecular weight excluding hydrogens is 493 g/mol. The predicted octanol–water partition coefficient (Wildman–Crippen LogP) is 3.76. The molecule has 0 radical (unpaired) electrons. The molecule has 178 valence electrons. The topological polar surface area (TPSA) is 125 Å². The van der Waals surface area contributed by atoms with Gasteiger partial charge in [0.25, 0.3) is 0 Å². The number of ether oxygens (including phenoxy) is 1. The monoisotopic (exact) mass is 510 g/mol. The molecule has 0 fully saturated rings. The summed E-state index contributed by atoms with van der Waals surface area (Å²) in [6.07, 6.45) is -2.59. The van der Waals surface area contributed by atoms with Crippen molar-refractivity contribution >= 4 is 38.7 Å². The van der Waals surface area contributed by atoms with Gasteiger partial charge in [0.1, 0.15) is 11.4 Å². The van der Waals surface area contributed by atoms with E-state index in [4.69, 9.17) is 5.73 Å². The van der Waals surface area contributed by atoms with Gasteiger partial charge in [-0.1, -0.05) is 24.3 Å². The Balaban J connectivity index is 2.15. The lowest BCUT2D eigenvalue weighted by molar-refractivity contribution is -0.137. The highest BCUT2D eigenvalue weighted by Crippen LogP contribution is 2.36. The van der Waals surface area contributed by atoms with Crippen molar-refractivity contribution in [3.63, 3.8) is 0 Å². The molecule has 0 amide bonds. The van der Waals surface area contributed by atoms with Gasteiger partial charge in [0.05, 0.1) is 23.3 Å². The SMILES string of the molecule is COC(=O)/C(N)=C/C(=Nc1ccccc1C(F)(F)F)c1nc(-c2cccc(S(C)(=O)=O)c2)ns1. The fourth-order valence-corrected chi connectivity index (χ4v) is 4.03. The van der Waals surface area contributed by atoms with Crippen molar-refractivity contribution in [3.8, 4) is 11.4 Å². The van der Waals surface area contributed by atoms with Crippen LogP contribution in [0.1, 0.15) is 10.6 Å². The summed E-state index contributed by atoms with van der Waals surface area (Å²) in [5, 5.41) is 0.0450. The van der Waals surface area contributed by atoms with E-state index in [0.29, 0.717) is 5.56 Å². The number of hydrogen-bond donors (Lipinski definition) is 1. The highest BCUT2D eigenvalue weighted by atomic mass is 32.2. The molecule has 1 heterocycles. The van der Waals surface area contributed by atoms with Crippen molar-refractivity contribution in [3.05, 3.63) is 70.9 Å². The first-order chi connectivity index (χ1) is 15.9. The van der Waals surface area contributed by atoms with Crippen LogP contribution in [0.15, 0.2) is 70.2 Å². The minimum absolute atomic E-state index is 0.0450. The van der Waals surface area contributed by atoms with Gasteiger partial charge in [-0.3, -0.25) is 0 Å². The number of carbonyl (C=O) groups is 1. The van der Waals surface area contributed by atoms with Gasteiger partial charge in [-0.25, -0.2) is 23.2 Å². The summed E-state index contributed by atoms with van der Waals surface area (Å²) in [6.45, 7) is 0. The van der Waals surface area contributed by atoms with Crippen molar-refractivity contribution in [1.29, 1.82) is 0 Å². The number of sulfone groups is 1. The lowest BCUT2D eigenvalue weighted by Gasteiger charge is -2.10. The molecule has 13 heteroatoms. The van der Waals surface area contributed by atoms with E-state index in [1.54, 1.807) is 6.07 Å². The number of rotatable bonds is 6. The summed E-state index contributed by atoms with van der Waals surface area (Å²) >= 11 is 0.785. The van der Waals surface area contributed by atoms with Gasteiger partial charge in [-0.05, 0) is 41.9 Å². The van der Waals surface area contributed by atoms with E-state index in [2.05, 4.69) is 19.1 Å². The Labute approximate surface area is 196 Å². The Kier molecular flexibility index (Phi) is 7.17. The summed E-state index contributed by atoms with van der Waals surface area (Å²) in [5.74, 6) is -0.797. The molecule has 0 saturated heterocycles. The Hall–Kier alpha value is -3.58. The molecule has 2 N–H and O–H groups in total. The van der Waals surface area contributed by atoms with Crippen LogP contribution >= 0.6 is 11.5 Å². The van der Waals surface area contributed by atoms with Gasteiger partial charge in [0, 0.05) is 11.8 Å². The number of halogens is 3. The molecular formula is C21H17F3N4O4S2. The number of carbonyl (C=O) groups excluding carboxylic acids is 1. The number of allylic oxidation sites excluding steroid dienone is 1. The standard InChI is InChI=1S/C21H17F3N4O4S2/c1-32-20(29)15(25)11-17(26-16-9-4-3-8-14(16)21(22,23)24)19-27-18(28-33-19)12-6-5-7-13(10-12)34(2,30)31/h3-11H,25H2,1-2H3/b15-11-,26-17?. The molecule has 0 unspecified atom stereocenters. The number of benzene rings is 2. The number of alkyl halides is 3. The third-order valence-electron chi connectivity index (χ3n) is 4.33. The van der Waals surface area contributed by atoms with Crippen LogP contribution in [0.4, 0.5) is 18.9 Å². The molecule has 1 aromatic heterocycles. The van der Waals surface area contributed by atoms with Gasteiger partial charge < -0.3 is 10.5 Å². The van der Waals surface area contributed by atoms with Crippen molar-refractivity contribution < 1.29 is 31.1 Å². The largest absolute Gasteiger partial charge is 0.464 e. The number of para-hydroxylation sites is 1. The van der Waals surface area contributed by atoms with E-state index in [1.807, 2.05) is 0 Å². The quantitative estimate of drug-likeness (QED) is 0.304. The van der Waals surface area contributed by atoms with Crippen molar-refractivity contribution in [1.82, 2.24) is 9.36 Å². The van der Waals surface area contributed by atoms with Crippen LogP contribution in [-0.2, 0) is 25.5 Å². The first-order valence-electron chi connectivity index (χ1n) is 9.35. The number of nitrogens with two attached hydrogens (primary N) is 1. The number of methoxy groups -OCH3 is 1. The summed E-state index contributed by atoms with van der Waals surface area (Å²) in [7, 11) is -2.40. The van der Waals surface area contributed by atoms with Gasteiger partial charge in [0.15, 0.2) is 20.7 Å². The smallest absolute Gasteiger partial charge is 0.418 e. The van der Waals surface area contributed by atoms with Crippen LogP contribution in [0.3, 0.4) is 0 Å². The maximum Gasteiger partial charge on any atom is 0.418 e. The van der Waals surface area contributed by atoms with Crippen LogP contribution in [0.2, 0.25) is 0 Å². The molecule has 3 rings (SSSR count). The zero-order valence-electron chi connectivity index (χ0n) is 17.7. The number of esters is 1. The number of aromatic nitrogens is 2. The highest BCUT2D eigenvalue weighted by molar-refractivity contribution is 7.90. The van der Waals surface area contributed by atoms with Crippen LogP contribution in [-0.4, -0.2) is 42.8 Å². The molecule has 0 aliphatic rings. The van der Waals surface area contributed by atoms with Crippen LogP contribution in [0.5, 0.6) is 0 Å². The molecule has 3 aromatic rings. The second kappa shape index (κ2) is 9.73. The molecule has 0 bridgehead atoms. The first kappa shape index (κ1) is 25.1. The minimum Gasteiger partial charge on any atom is -0.464 e. The fourth-order valence-electron chi connectivity index (χ4n) is 2.72. The maximum absolute atomic E-state index is 13.4. The second-order valence-electron chi connectivity index (χ2n) is 6.83. The Morgan fingerprint density at radius 3 is 2.53 bits per heavy atom. The van der Waals surface area contributed by atoms with E-state index in [-0.39, 0.29) is 21.4 Å². The van der Waals surface area contributed by atoms with Gasteiger partial charge in [-0.15, -0.1) is 0 Å². The van der Waals surface area contributed by atoms with Crippen molar-refractivity contribution in [2.75, 3.05) is 13.4 Å². The summed E-state index contributed by atoms with van der Waals surface area (Å²) < 4.78 is 72.7. The Bertz CT molecular complexity index is 1400. The molecule has 0 spiro atoms. The molecule has 0 aliphatic heterocycles. The summed E-state index contributed by atoms with van der Waals surface area (Å²) in [6, 6.07) is 10.5. The van der Waals surface area contributed by atoms with Crippen molar-refractivity contribution in [2.24, 2.45) is 10.7 Å².